The van der Waals surface area contributed by atoms with E-state index in [0.29, 0.717) is 0 Å². The van der Waals surface area contributed by atoms with Crippen LogP contribution >= 0.6 is 0 Å². The van der Waals surface area contributed by atoms with Gasteiger partial charge in [-0.2, -0.15) is 0 Å². The molecule has 0 amide bonds. The van der Waals surface area contributed by atoms with E-state index >= 15 is 0 Å². The first-order chi connectivity index (χ1) is 12.1. The number of H-pyrrole nitrogens is 1. The van der Waals surface area contributed by atoms with Crippen molar-refractivity contribution in [1.29, 1.82) is 0 Å². The van der Waals surface area contributed by atoms with Gasteiger partial charge in [-0.05, 0) is 68.3 Å². The van der Waals surface area contributed by atoms with Crippen LogP contribution in [0.15, 0.2) is 48.5 Å². The predicted octanol–water partition coefficient (Wildman–Crippen LogP) is 5.73. The number of benzene rings is 2. The van der Waals surface area contributed by atoms with Crippen LogP contribution in [0.5, 0.6) is 0 Å². The van der Waals surface area contributed by atoms with Crippen molar-refractivity contribution >= 4 is 10.9 Å². The zero-order valence-corrected chi connectivity index (χ0v) is 14.3. The summed E-state index contributed by atoms with van der Waals surface area (Å²) in [5.41, 5.74) is 3.22. The van der Waals surface area contributed by atoms with Crippen molar-refractivity contribution in [2.75, 3.05) is 6.54 Å². The molecule has 1 aromatic heterocycles. The molecule has 2 nitrogen and oxygen atoms in total. The smallest absolute Gasteiger partial charge is 0.123 e. The Labute approximate surface area is 146 Å². The lowest BCUT2D eigenvalue weighted by atomic mass is 9.95. The summed E-state index contributed by atoms with van der Waals surface area (Å²) in [6.07, 6.45) is 3.42. The minimum Gasteiger partial charge on any atom is -0.357 e. The standard InChI is InChI=1S/C21H22F2N2/c1-14(15-5-7-17(22)8-6-15)25-11-3-2-4-21(25)20-13-16-12-18(23)9-10-19(16)24-20/h5-10,12-14,21,24H,2-4,11H2,1H3. The minimum absolute atomic E-state index is 0.203. The molecule has 4 rings (SSSR count). The molecule has 2 atom stereocenters. The van der Waals surface area contributed by atoms with Crippen molar-refractivity contribution in [3.63, 3.8) is 0 Å². The molecule has 3 aromatic rings. The molecule has 0 saturated carbocycles. The minimum atomic E-state index is -0.210. The molecule has 0 radical (unpaired) electrons. The van der Waals surface area contributed by atoms with Crippen molar-refractivity contribution in [1.82, 2.24) is 9.88 Å². The van der Waals surface area contributed by atoms with E-state index in [4.69, 9.17) is 0 Å². The maximum Gasteiger partial charge on any atom is 0.123 e. The summed E-state index contributed by atoms with van der Waals surface area (Å²) in [5.74, 6) is -0.415. The number of rotatable bonds is 3. The highest BCUT2D eigenvalue weighted by Crippen LogP contribution is 2.38. The van der Waals surface area contributed by atoms with E-state index in [0.717, 1.165) is 41.5 Å². The SMILES string of the molecule is CC(c1ccc(F)cc1)N1CCCCC1c1cc2cc(F)ccc2[nH]1. The molecule has 2 aromatic carbocycles. The summed E-state index contributed by atoms with van der Waals surface area (Å²) in [6.45, 7) is 3.18. The third-order valence-electron chi connectivity index (χ3n) is 5.36. The van der Waals surface area contributed by atoms with E-state index < -0.39 is 0 Å². The van der Waals surface area contributed by atoms with Crippen LogP contribution in [-0.2, 0) is 0 Å². The molecule has 1 N–H and O–H groups in total. The third-order valence-corrected chi connectivity index (χ3v) is 5.36. The fourth-order valence-corrected chi connectivity index (χ4v) is 3.99. The van der Waals surface area contributed by atoms with Gasteiger partial charge >= 0.3 is 0 Å². The zero-order chi connectivity index (χ0) is 17.4. The molecular formula is C21H22F2N2. The largest absolute Gasteiger partial charge is 0.357 e. The van der Waals surface area contributed by atoms with Crippen molar-refractivity contribution in [3.05, 3.63) is 71.4 Å². The maximum atomic E-state index is 13.5. The fraction of sp³-hybridized carbons (Fsp3) is 0.333. The highest BCUT2D eigenvalue weighted by molar-refractivity contribution is 5.80. The molecule has 1 fully saturated rings. The summed E-state index contributed by atoms with van der Waals surface area (Å²) in [6, 6.07) is 14.2. The lowest BCUT2D eigenvalue weighted by Crippen LogP contribution is -2.35. The summed E-state index contributed by atoms with van der Waals surface area (Å²) >= 11 is 0. The number of hydrogen-bond donors (Lipinski definition) is 1. The van der Waals surface area contributed by atoms with Gasteiger partial charge in [0, 0.05) is 22.6 Å². The summed E-state index contributed by atoms with van der Waals surface area (Å²) in [4.78, 5) is 5.94. The molecule has 1 saturated heterocycles. The number of nitrogens with zero attached hydrogens (tertiary/aromatic N) is 1. The van der Waals surface area contributed by atoms with E-state index in [2.05, 4.69) is 22.9 Å². The van der Waals surface area contributed by atoms with Crippen LogP contribution in [0.3, 0.4) is 0 Å². The number of halogens is 2. The molecule has 2 unspecified atom stereocenters. The summed E-state index contributed by atoms with van der Waals surface area (Å²) < 4.78 is 26.7. The Kier molecular flexibility index (Phi) is 4.30. The molecule has 0 bridgehead atoms. The number of hydrogen-bond acceptors (Lipinski definition) is 1. The molecular weight excluding hydrogens is 318 g/mol. The van der Waals surface area contributed by atoms with Crippen LogP contribution in [-0.4, -0.2) is 16.4 Å². The highest BCUT2D eigenvalue weighted by Gasteiger charge is 2.29. The van der Waals surface area contributed by atoms with Crippen LogP contribution in [0.4, 0.5) is 8.78 Å². The summed E-state index contributed by atoms with van der Waals surface area (Å²) in [7, 11) is 0. The second-order valence-electron chi connectivity index (χ2n) is 6.93. The first-order valence-electron chi connectivity index (χ1n) is 8.91. The monoisotopic (exact) mass is 340 g/mol. The second kappa shape index (κ2) is 6.60. The van der Waals surface area contributed by atoms with Gasteiger partial charge in [-0.3, -0.25) is 4.90 Å². The number of piperidine rings is 1. The summed E-state index contributed by atoms with van der Waals surface area (Å²) in [5, 5.41) is 0.912. The first kappa shape index (κ1) is 16.3. The van der Waals surface area contributed by atoms with Gasteiger partial charge in [0.15, 0.2) is 0 Å². The van der Waals surface area contributed by atoms with Gasteiger partial charge in [0.25, 0.3) is 0 Å². The number of aromatic amines is 1. The average molecular weight is 340 g/mol. The van der Waals surface area contributed by atoms with Crippen LogP contribution in [0.25, 0.3) is 10.9 Å². The first-order valence-corrected chi connectivity index (χ1v) is 8.91. The normalized spacial score (nSPS) is 20.0. The van der Waals surface area contributed by atoms with Gasteiger partial charge < -0.3 is 4.98 Å². The van der Waals surface area contributed by atoms with Crippen molar-refractivity contribution in [3.8, 4) is 0 Å². The van der Waals surface area contributed by atoms with Crippen molar-refractivity contribution in [2.45, 2.75) is 38.3 Å². The Morgan fingerprint density at radius 2 is 1.76 bits per heavy atom. The van der Waals surface area contributed by atoms with E-state index in [-0.39, 0.29) is 23.7 Å². The van der Waals surface area contributed by atoms with Crippen LogP contribution in [0.1, 0.15) is 49.5 Å². The molecule has 1 aliphatic rings. The average Bonchev–Trinajstić information content (AvgIpc) is 3.05. The van der Waals surface area contributed by atoms with E-state index in [1.54, 1.807) is 12.1 Å². The molecule has 130 valence electrons. The van der Waals surface area contributed by atoms with Gasteiger partial charge in [-0.15, -0.1) is 0 Å². The quantitative estimate of drug-likeness (QED) is 0.645. The van der Waals surface area contributed by atoms with Crippen LogP contribution < -0.4 is 0 Å². The highest BCUT2D eigenvalue weighted by atomic mass is 19.1. The lowest BCUT2D eigenvalue weighted by Gasteiger charge is -2.39. The van der Waals surface area contributed by atoms with Gasteiger partial charge in [0.2, 0.25) is 0 Å². The Bertz CT molecular complexity index is 869. The van der Waals surface area contributed by atoms with E-state index in [9.17, 15) is 8.78 Å². The predicted molar refractivity (Wildman–Crippen MR) is 96.4 cm³/mol. The Morgan fingerprint density at radius 3 is 2.56 bits per heavy atom. The topological polar surface area (TPSA) is 19.0 Å². The van der Waals surface area contributed by atoms with E-state index in [1.165, 1.54) is 24.6 Å². The fourth-order valence-electron chi connectivity index (χ4n) is 3.99. The number of aromatic nitrogens is 1. The van der Waals surface area contributed by atoms with Crippen LogP contribution in [0.2, 0.25) is 0 Å². The zero-order valence-electron chi connectivity index (χ0n) is 14.3. The van der Waals surface area contributed by atoms with Gasteiger partial charge in [-0.25, -0.2) is 8.78 Å². The van der Waals surface area contributed by atoms with Crippen LogP contribution in [0, 0.1) is 11.6 Å². The van der Waals surface area contributed by atoms with Crippen molar-refractivity contribution < 1.29 is 8.78 Å². The van der Waals surface area contributed by atoms with Gasteiger partial charge in [0.05, 0.1) is 6.04 Å². The van der Waals surface area contributed by atoms with Crippen molar-refractivity contribution in [2.24, 2.45) is 0 Å². The maximum absolute atomic E-state index is 13.5. The molecule has 0 aliphatic carbocycles. The molecule has 25 heavy (non-hydrogen) atoms. The molecule has 0 spiro atoms. The Balaban J connectivity index is 1.66. The number of nitrogens with one attached hydrogen (secondary N) is 1. The lowest BCUT2D eigenvalue weighted by molar-refractivity contribution is 0.101. The number of likely N-dealkylation sites (tertiary alicyclic amines) is 1. The van der Waals surface area contributed by atoms with E-state index in [1.807, 2.05) is 12.1 Å². The molecule has 4 heteroatoms. The van der Waals surface area contributed by atoms with Gasteiger partial charge in [-0.1, -0.05) is 18.6 Å². The Hall–Kier alpha value is -2.20. The molecule has 2 heterocycles. The Morgan fingerprint density at radius 1 is 1.00 bits per heavy atom. The second-order valence-corrected chi connectivity index (χ2v) is 6.93. The number of fused-ring (bicyclic) bond motifs is 1. The molecule has 1 aliphatic heterocycles. The van der Waals surface area contributed by atoms with Gasteiger partial charge in [0.1, 0.15) is 11.6 Å². The third kappa shape index (κ3) is 3.19.